The Bertz CT molecular complexity index is 828. The molecule has 0 atom stereocenters. The first-order valence-electron chi connectivity index (χ1n) is 6.83. The Morgan fingerprint density at radius 3 is 2.62 bits per heavy atom. The Kier molecular flexibility index (Phi) is 5.25. The first-order chi connectivity index (χ1) is 11.5. The summed E-state index contributed by atoms with van der Waals surface area (Å²) in [5, 5.41) is 0.650. The molecule has 0 aromatic heterocycles. The van der Waals surface area contributed by atoms with Gasteiger partial charge in [-0.25, -0.2) is 4.79 Å². The van der Waals surface area contributed by atoms with E-state index in [-0.39, 0.29) is 39.0 Å². The molecule has 24 heavy (non-hydrogen) atoms. The topological polar surface area (TPSA) is 46.6 Å². The molecule has 2 aromatic rings. The van der Waals surface area contributed by atoms with Crippen LogP contribution in [0.3, 0.4) is 0 Å². The van der Waals surface area contributed by atoms with Crippen LogP contribution in [0.4, 0.5) is 5.69 Å². The highest BCUT2D eigenvalue weighted by Gasteiger charge is 2.27. The van der Waals surface area contributed by atoms with E-state index in [1.54, 1.807) is 6.07 Å². The highest BCUT2D eigenvalue weighted by atomic mass is 35.5. The summed E-state index contributed by atoms with van der Waals surface area (Å²) in [7, 11) is 0. The fourth-order valence-electron chi connectivity index (χ4n) is 2.19. The van der Waals surface area contributed by atoms with Crippen LogP contribution in [0.2, 0.25) is 15.1 Å². The number of esters is 1. The van der Waals surface area contributed by atoms with E-state index >= 15 is 0 Å². The van der Waals surface area contributed by atoms with Crippen molar-refractivity contribution in [3.63, 3.8) is 0 Å². The Morgan fingerprint density at radius 2 is 1.83 bits per heavy atom. The molecule has 1 amide bonds. The summed E-state index contributed by atoms with van der Waals surface area (Å²) in [6, 6.07) is 10.1. The number of hydrogen-bond acceptors (Lipinski definition) is 4. The molecule has 0 fully saturated rings. The monoisotopic (exact) mass is 401 g/mol. The predicted molar refractivity (Wildman–Crippen MR) is 96.6 cm³/mol. The van der Waals surface area contributed by atoms with Gasteiger partial charge in [-0.2, -0.15) is 0 Å². The van der Waals surface area contributed by atoms with E-state index in [0.29, 0.717) is 5.69 Å². The van der Waals surface area contributed by atoms with Crippen LogP contribution < -0.4 is 9.64 Å². The molecule has 8 heteroatoms. The van der Waals surface area contributed by atoms with Gasteiger partial charge in [0.05, 0.1) is 26.5 Å². The molecule has 1 aliphatic rings. The van der Waals surface area contributed by atoms with E-state index in [1.807, 2.05) is 18.2 Å². The molecule has 0 N–H and O–H groups in total. The van der Waals surface area contributed by atoms with Crippen molar-refractivity contribution >= 4 is 64.1 Å². The first kappa shape index (κ1) is 17.4. The molecule has 0 unspecified atom stereocenters. The average molecular weight is 403 g/mol. The van der Waals surface area contributed by atoms with Crippen LogP contribution in [-0.2, 0) is 9.59 Å². The summed E-state index contributed by atoms with van der Waals surface area (Å²) in [6.45, 7) is -0.215. The second-order valence-electron chi connectivity index (χ2n) is 4.91. The van der Waals surface area contributed by atoms with Crippen LogP contribution in [0.5, 0.6) is 5.75 Å². The van der Waals surface area contributed by atoms with Crippen molar-refractivity contribution in [2.24, 2.45) is 0 Å². The molecule has 0 saturated carbocycles. The van der Waals surface area contributed by atoms with Gasteiger partial charge in [-0.05, 0) is 18.2 Å². The molecule has 4 nitrogen and oxygen atoms in total. The van der Waals surface area contributed by atoms with Gasteiger partial charge < -0.3 is 4.74 Å². The van der Waals surface area contributed by atoms with Crippen LogP contribution in [-0.4, -0.2) is 24.2 Å². The Balaban J connectivity index is 1.78. The number of para-hydroxylation sites is 1. The number of nitrogens with zero attached hydrogens (tertiary/aromatic N) is 1. The summed E-state index contributed by atoms with van der Waals surface area (Å²) >= 11 is 19.2. The lowest BCUT2D eigenvalue weighted by atomic mass is 10.2. The largest absolute Gasteiger partial charge is 0.424 e. The minimum Gasteiger partial charge on any atom is -0.424 e. The average Bonchev–Trinajstić information content (AvgIpc) is 2.55. The summed E-state index contributed by atoms with van der Waals surface area (Å²) < 4.78 is 5.23. The van der Waals surface area contributed by atoms with Gasteiger partial charge in [0.2, 0.25) is 5.91 Å². The normalized spacial score (nSPS) is 13.6. The van der Waals surface area contributed by atoms with Gasteiger partial charge in [0.25, 0.3) is 0 Å². The number of thioether (sulfide) groups is 1. The zero-order valence-corrected chi connectivity index (χ0v) is 15.2. The molecule has 0 bridgehead atoms. The van der Waals surface area contributed by atoms with Crippen LogP contribution in [0.1, 0.15) is 0 Å². The Morgan fingerprint density at radius 1 is 1.12 bits per heavy atom. The molecular formula is C16H10Cl3NO3S. The molecule has 0 radical (unpaired) electrons. The molecule has 0 saturated heterocycles. The van der Waals surface area contributed by atoms with Gasteiger partial charge in [-0.15, -0.1) is 11.8 Å². The van der Waals surface area contributed by atoms with E-state index in [9.17, 15) is 9.59 Å². The minimum atomic E-state index is -0.620. The first-order valence-corrected chi connectivity index (χ1v) is 8.95. The van der Waals surface area contributed by atoms with Crippen LogP contribution in [0.25, 0.3) is 0 Å². The zero-order chi connectivity index (χ0) is 17.3. The number of hydrogen-bond donors (Lipinski definition) is 0. The van der Waals surface area contributed by atoms with Gasteiger partial charge in [0.1, 0.15) is 6.54 Å². The molecule has 3 rings (SSSR count). The van der Waals surface area contributed by atoms with Crippen molar-refractivity contribution in [3.8, 4) is 5.75 Å². The highest BCUT2D eigenvalue weighted by Crippen LogP contribution is 2.36. The van der Waals surface area contributed by atoms with Crippen molar-refractivity contribution in [2.75, 3.05) is 17.2 Å². The summed E-state index contributed by atoms with van der Waals surface area (Å²) in [4.78, 5) is 26.7. The van der Waals surface area contributed by atoms with Crippen LogP contribution >= 0.6 is 46.6 Å². The second kappa shape index (κ2) is 7.23. The van der Waals surface area contributed by atoms with E-state index in [1.165, 1.54) is 28.8 Å². The summed E-state index contributed by atoms with van der Waals surface area (Å²) in [6.07, 6.45) is 0. The fraction of sp³-hybridized carbons (Fsp3) is 0.125. The van der Waals surface area contributed by atoms with Crippen molar-refractivity contribution in [3.05, 3.63) is 51.5 Å². The molecule has 124 valence electrons. The van der Waals surface area contributed by atoms with Crippen molar-refractivity contribution in [1.29, 1.82) is 0 Å². The number of ether oxygens (including phenoxy) is 1. The maximum absolute atomic E-state index is 12.2. The highest BCUT2D eigenvalue weighted by molar-refractivity contribution is 8.00. The predicted octanol–water partition coefficient (Wildman–Crippen LogP) is 4.69. The number of anilines is 1. The van der Waals surface area contributed by atoms with Crippen molar-refractivity contribution < 1.29 is 14.3 Å². The maximum atomic E-state index is 12.2. The van der Waals surface area contributed by atoms with Gasteiger partial charge >= 0.3 is 5.97 Å². The summed E-state index contributed by atoms with van der Waals surface area (Å²) in [5.41, 5.74) is 0.691. The lowest BCUT2D eigenvalue weighted by Gasteiger charge is -2.27. The van der Waals surface area contributed by atoms with Crippen LogP contribution in [0.15, 0.2) is 41.3 Å². The van der Waals surface area contributed by atoms with Gasteiger partial charge in [0.15, 0.2) is 5.75 Å². The molecular weight excluding hydrogens is 393 g/mol. The lowest BCUT2D eigenvalue weighted by molar-refractivity contribution is -0.134. The molecule has 0 aliphatic carbocycles. The van der Waals surface area contributed by atoms with E-state index in [0.717, 1.165) is 4.90 Å². The van der Waals surface area contributed by atoms with E-state index in [4.69, 9.17) is 39.5 Å². The standard InChI is InChI=1S/C16H10Cl3NO3S/c17-9-5-11(19)13(6-10(9)18)23-16(22)7-20-12-3-1-2-4-14(12)24-8-15(20)21/h1-6H,7-8H2. The number of benzene rings is 2. The molecule has 1 aliphatic heterocycles. The minimum absolute atomic E-state index is 0.100. The summed E-state index contributed by atoms with van der Waals surface area (Å²) in [5.74, 6) is -0.401. The van der Waals surface area contributed by atoms with Crippen molar-refractivity contribution in [2.45, 2.75) is 4.90 Å². The lowest BCUT2D eigenvalue weighted by Crippen LogP contribution is -2.40. The Labute approximate surface area is 157 Å². The number of carbonyl (C=O) groups is 2. The zero-order valence-electron chi connectivity index (χ0n) is 12.1. The van der Waals surface area contributed by atoms with Crippen LogP contribution in [0, 0.1) is 0 Å². The Hall–Kier alpha value is -1.40. The maximum Gasteiger partial charge on any atom is 0.331 e. The molecule has 0 spiro atoms. The molecule has 1 heterocycles. The number of fused-ring (bicyclic) bond motifs is 1. The number of carbonyl (C=O) groups excluding carboxylic acids is 2. The number of rotatable bonds is 3. The SMILES string of the molecule is O=C(CN1C(=O)CSc2ccccc21)Oc1cc(Cl)c(Cl)cc1Cl. The fourth-order valence-corrected chi connectivity index (χ4v) is 3.70. The van der Waals surface area contributed by atoms with Crippen molar-refractivity contribution in [1.82, 2.24) is 0 Å². The van der Waals surface area contributed by atoms with Gasteiger partial charge in [0, 0.05) is 11.0 Å². The number of halogens is 3. The smallest absolute Gasteiger partial charge is 0.331 e. The van der Waals surface area contributed by atoms with Gasteiger partial charge in [-0.3, -0.25) is 9.69 Å². The quantitative estimate of drug-likeness (QED) is 0.424. The molecule has 2 aromatic carbocycles. The third-order valence-corrected chi connectivity index (χ3v) is 5.36. The number of amides is 1. The van der Waals surface area contributed by atoms with E-state index in [2.05, 4.69) is 0 Å². The van der Waals surface area contributed by atoms with Gasteiger partial charge in [-0.1, -0.05) is 46.9 Å². The second-order valence-corrected chi connectivity index (χ2v) is 7.15. The van der Waals surface area contributed by atoms with E-state index < -0.39 is 5.97 Å². The third kappa shape index (κ3) is 3.64. The third-order valence-electron chi connectivity index (χ3n) is 3.29.